The SMILES string of the molecule is COc1ccc(-c2c(C)c3ccccc3n2CCCCCCN2CCCC2)cc1. The van der Waals surface area contributed by atoms with Gasteiger partial charge in [-0.05, 0) is 93.7 Å². The van der Waals surface area contributed by atoms with Crippen LogP contribution in [0.4, 0.5) is 0 Å². The van der Waals surface area contributed by atoms with Crippen molar-refractivity contribution in [3.05, 3.63) is 54.1 Å². The highest BCUT2D eigenvalue weighted by Crippen LogP contribution is 2.34. The van der Waals surface area contributed by atoms with Gasteiger partial charge in [-0.1, -0.05) is 31.0 Å². The number of hydrogen-bond acceptors (Lipinski definition) is 2. The Morgan fingerprint density at radius 3 is 2.24 bits per heavy atom. The fourth-order valence-corrected chi connectivity index (χ4v) is 4.80. The van der Waals surface area contributed by atoms with Crippen LogP contribution in [0.5, 0.6) is 5.75 Å². The minimum absolute atomic E-state index is 0.909. The number of fused-ring (bicyclic) bond motifs is 1. The highest BCUT2D eigenvalue weighted by molar-refractivity contribution is 5.91. The molecule has 1 aliphatic rings. The van der Waals surface area contributed by atoms with Crippen molar-refractivity contribution < 1.29 is 4.74 Å². The van der Waals surface area contributed by atoms with Gasteiger partial charge in [0.25, 0.3) is 0 Å². The van der Waals surface area contributed by atoms with Crippen molar-refractivity contribution in [2.75, 3.05) is 26.7 Å². The van der Waals surface area contributed by atoms with Crippen LogP contribution in [0, 0.1) is 6.92 Å². The first-order valence-corrected chi connectivity index (χ1v) is 11.2. The van der Waals surface area contributed by atoms with Crippen LogP contribution in [0.3, 0.4) is 0 Å². The van der Waals surface area contributed by atoms with Crippen molar-refractivity contribution in [1.29, 1.82) is 0 Å². The first-order chi connectivity index (χ1) is 14.3. The molecule has 4 rings (SSSR count). The van der Waals surface area contributed by atoms with Crippen LogP contribution >= 0.6 is 0 Å². The van der Waals surface area contributed by atoms with Gasteiger partial charge in [0.2, 0.25) is 0 Å². The second-order valence-corrected chi connectivity index (χ2v) is 8.33. The number of hydrogen-bond donors (Lipinski definition) is 0. The summed E-state index contributed by atoms with van der Waals surface area (Å²) in [6.45, 7) is 7.27. The summed E-state index contributed by atoms with van der Waals surface area (Å²) in [5.41, 5.74) is 5.35. The van der Waals surface area contributed by atoms with Crippen LogP contribution in [-0.2, 0) is 6.54 Å². The van der Waals surface area contributed by atoms with E-state index >= 15 is 0 Å². The molecule has 1 fully saturated rings. The normalized spacial score (nSPS) is 14.7. The molecule has 0 radical (unpaired) electrons. The Hall–Kier alpha value is -2.26. The summed E-state index contributed by atoms with van der Waals surface area (Å²) in [7, 11) is 1.72. The molecular formula is C26H34N2O. The Morgan fingerprint density at radius 1 is 0.828 bits per heavy atom. The van der Waals surface area contributed by atoms with Crippen molar-refractivity contribution >= 4 is 10.9 Å². The molecular weight excluding hydrogens is 356 g/mol. The fraction of sp³-hybridized carbons (Fsp3) is 0.462. The third-order valence-corrected chi connectivity index (χ3v) is 6.39. The Kier molecular flexibility index (Phi) is 6.56. The minimum atomic E-state index is 0.909. The minimum Gasteiger partial charge on any atom is -0.497 e. The van der Waals surface area contributed by atoms with E-state index in [1.165, 1.54) is 85.9 Å². The first kappa shape index (κ1) is 20.0. The molecule has 0 bridgehead atoms. The molecule has 0 aliphatic carbocycles. The number of nitrogens with zero attached hydrogens (tertiary/aromatic N) is 2. The molecule has 2 heterocycles. The predicted octanol–water partition coefficient (Wildman–Crippen LogP) is 6.28. The fourth-order valence-electron chi connectivity index (χ4n) is 4.80. The second-order valence-electron chi connectivity index (χ2n) is 8.33. The highest BCUT2D eigenvalue weighted by Gasteiger charge is 2.15. The molecule has 0 N–H and O–H groups in total. The van der Waals surface area contributed by atoms with E-state index < -0.39 is 0 Å². The van der Waals surface area contributed by atoms with Gasteiger partial charge in [0.15, 0.2) is 0 Å². The summed E-state index contributed by atoms with van der Waals surface area (Å²) in [5, 5.41) is 1.37. The third-order valence-electron chi connectivity index (χ3n) is 6.39. The molecule has 3 nitrogen and oxygen atoms in total. The monoisotopic (exact) mass is 390 g/mol. The van der Waals surface area contributed by atoms with Crippen molar-refractivity contribution in [2.45, 2.75) is 52.0 Å². The van der Waals surface area contributed by atoms with E-state index in [0.717, 1.165) is 12.3 Å². The second kappa shape index (κ2) is 9.49. The number of rotatable bonds is 9. The lowest BCUT2D eigenvalue weighted by Gasteiger charge is -2.15. The van der Waals surface area contributed by atoms with Gasteiger partial charge in [-0.25, -0.2) is 0 Å². The number of likely N-dealkylation sites (tertiary alicyclic amines) is 1. The zero-order valence-electron chi connectivity index (χ0n) is 18.0. The Balaban J connectivity index is 1.46. The standard InChI is InChI=1S/C26H34N2O/c1-21-24-11-5-6-12-25(24)28(26(21)22-13-15-23(29-2)16-14-22)20-8-4-3-7-17-27-18-9-10-19-27/h5-6,11-16H,3-4,7-10,17-20H2,1-2H3. The molecule has 0 saturated carbocycles. The van der Waals surface area contributed by atoms with Gasteiger partial charge in [-0.15, -0.1) is 0 Å². The molecule has 0 amide bonds. The number of aromatic nitrogens is 1. The average molecular weight is 391 g/mol. The van der Waals surface area contributed by atoms with E-state index in [1.807, 2.05) is 0 Å². The number of para-hydroxylation sites is 1. The van der Waals surface area contributed by atoms with Crippen LogP contribution in [-0.4, -0.2) is 36.2 Å². The molecule has 0 atom stereocenters. The number of methoxy groups -OCH3 is 1. The van der Waals surface area contributed by atoms with Gasteiger partial charge < -0.3 is 14.2 Å². The topological polar surface area (TPSA) is 17.4 Å². The molecule has 0 unspecified atom stereocenters. The third kappa shape index (κ3) is 4.51. The van der Waals surface area contributed by atoms with Crippen molar-refractivity contribution in [3.8, 4) is 17.0 Å². The average Bonchev–Trinajstić information content (AvgIpc) is 3.38. The van der Waals surface area contributed by atoms with Crippen molar-refractivity contribution in [2.24, 2.45) is 0 Å². The summed E-state index contributed by atoms with van der Waals surface area (Å²) in [4.78, 5) is 2.63. The smallest absolute Gasteiger partial charge is 0.118 e. The van der Waals surface area contributed by atoms with E-state index in [0.29, 0.717) is 0 Å². The van der Waals surface area contributed by atoms with E-state index in [9.17, 15) is 0 Å². The van der Waals surface area contributed by atoms with Gasteiger partial charge in [-0.2, -0.15) is 0 Å². The molecule has 154 valence electrons. The summed E-state index contributed by atoms with van der Waals surface area (Å²) in [6, 6.07) is 17.3. The van der Waals surface area contributed by atoms with Crippen molar-refractivity contribution in [3.63, 3.8) is 0 Å². The Labute approximate surface area is 175 Å². The molecule has 3 aromatic rings. The maximum Gasteiger partial charge on any atom is 0.118 e. The lowest BCUT2D eigenvalue weighted by molar-refractivity contribution is 0.327. The van der Waals surface area contributed by atoms with E-state index in [1.54, 1.807) is 7.11 Å². The predicted molar refractivity (Wildman–Crippen MR) is 123 cm³/mol. The molecule has 0 spiro atoms. The highest BCUT2D eigenvalue weighted by atomic mass is 16.5. The quantitative estimate of drug-likeness (QED) is 0.400. The summed E-state index contributed by atoms with van der Waals surface area (Å²) in [5.74, 6) is 0.909. The summed E-state index contributed by atoms with van der Waals surface area (Å²) < 4.78 is 7.89. The van der Waals surface area contributed by atoms with E-state index in [4.69, 9.17) is 4.74 Å². The van der Waals surface area contributed by atoms with Gasteiger partial charge in [0.1, 0.15) is 5.75 Å². The Bertz CT molecular complexity index is 920. The van der Waals surface area contributed by atoms with Crippen LogP contribution in [0.1, 0.15) is 44.1 Å². The largest absolute Gasteiger partial charge is 0.497 e. The van der Waals surface area contributed by atoms with E-state index in [-0.39, 0.29) is 0 Å². The lowest BCUT2D eigenvalue weighted by atomic mass is 10.1. The van der Waals surface area contributed by atoms with Crippen LogP contribution in [0.25, 0.3) is 22.2 Å². The zero-order valence-corrected chi connectivity index (χ0v) is 18.0. The molecule has 1 aliphatic heterocycles. The van der Waals surface area contributed by atoms with E-state index in [2.05, 4.69) is 64.9 Å². The van der Waals surface area contributed by atoms with Gasteiger partial charge in [0, 0.05) is 17.4 Å². The van der Waals surface area contributed by atoms with Crippen LogP contribution < -0.4 is 4.74 Å². The number of ether oxygens (including phenoxy) is 1. The van der Waals surface area contributed by atoms with Gasteiger partial charge in [-0.3, -0.25) is 0 Å². The van der Waals surface area contributed by atoms with Crippen molar-refractivity contribution in [1.82, 2.24) is 9.47 Å². The number of unbranched alkanes of at least 4 members (excludes halogenated alkanes) is 3. The molecule has 3 heteroatoms. The number of aryl methyl sites for hydroxylation is 2. The van der Waals surface area contributed by atoms with Crippen LogP contribution in [0.2, 0.25) is 0 Å². The Morgan fingerprint density at radius 2 is 1.52 bits per heavy atom. The first-order valence-electron chi connectivity index (χ1n) is 11.2. The molecule has 2 aromatic carbocycles. The molecule has 1 saturated heterocycles. The van der Waals surface area contributed by atoms with Gasteiger partial charge in [0.05, 0.1) is 12.8 Å². The van der Waals surface area contributed by atoms with Crippen LogP contribution in [0.15, 0.2) is 48.5 Å². The maximum absolute atomic E-state index is 5.35. The summed E-state index contributed by atoms with van der Waals surface area (Å²) in [6.07, 6.45) is 8.02. The molecule has 29 heavy (non-hydrogen) atoms. The summed E-state index contributed by atoms with van der Waals surface area (Å²) >= 11 is 0. The lowest BCUT2D eigenvalue weighted by Crippen LogP contribution is -2.20. The number of benzene rings is 2. The maximum atomic E-state index is 5.35. The zero-order chi connectivity index (χ0) is 20.1. The van der Waals surface area contributed by atoms with Gasteiger partial charge >= 0.3 is 0 Å². The molecule has 1 aromatic heterocycles.